The van der Waals surface area contributed by atoms with E-state index in [-0.39, 0.29) is 0 Å². The molecule has 0 aromatic carbocycles. The molecule has 2 nitrogen and oxygen atoms in total. The zero-order valence-electron chi connectivity index (χ0n) is 9.34. The topological polar surface area (TPSA) is 6.48 Å². The van der Waals surface area contributed by atoms with Crippen molar-refractivity contribution in [2.75, 3.05) is 26.2 Å². The second-order valence-corrected chi connectivity index (χ2v) is 4.36. The maximum atomic E-state index is 2.58. The molecule has 0 atom stereocenters. The average molecular weight is 194 g/mol. The molecule has 0 N–H and O–H groups in total. The number of hydrogen-bond acceptors (Lipinski definition) is 2. The Morgan fingerprint density at radius 3 is 1.71 bits per heavy atom. The first-order valence-corrected chi connectivity index (χ1v) is 6.12. The van der Waals surface area contributed by atoms with Crippen LogP contribution in [0.4, 0.5) is 0 Å². The molecule has 0 saturated carbocycles. The minimum absolute atomic E-state index is 1.17. The van der Waals surface area contributed by atoms with Crippen LogP contribution < -0.4 is 0 Å². The normalized spacial score (nSPS) is 21.8. The molecule has 0 aromatic heterocycles. The Balaban J connectivity index is 2.02. The summed E-state index contributed by atoms with van der Waals surface area (Å²) in [6.45, 7) is 7.36. The molecule has 2 aliphatic rings. The lowest BCUT2D eigenvalue weighted by atomic mass is 10.4. The number of allylic oxidation sites excluding steroid dienone is 1. The Kier molecular flexibility index (Phi) is 3.33. The summed E-state index contributed by atoms with van der Waals surface area (Å²) in [6.07, 6.45) is 9.12. The van der Waals surface area contributed by atoms with Crippen LogP contribution >= 0.6 is 0 Å². The van der Waals surface area contributed by atoms with Gasteiger partial charge in [-0.2, -0.15) is 0 Å². The Bertz CT molecular complexity index is 180. The second kappa shape index (κ2) is 4.72. The van der Waals surface area contributed by atoms with Crippen LogP contribution in [0, 0.1) is 0 Å². The van der Waals surface area contributed by atoms with Crippen LogP contribution in [0.1, 0.15) is 39.0 Å². The average Bonchev–Trinajstić information content (AvgIpc) is 2.87. The van der Waals surface area contributed by atoms with Crippen molar-refractivity contribution in [3.63, 3.8) is 0 Å². The molecule has 14 heavy (non-hydrogen) atoms. The van der Waals surface area contributed by atoms with E-state index >= 15 is 0 Å². The number of hydrogen-bond donors (Lipinski definition) is 0. The fourth-order valence-electron chi connectivity index (χ4n) is 2.53. The number of nitrogens with zero attached hydrogens (tertiary/aromatic N) is 2. The highest BCUT2D eigenvalue weighted by molar-refractivity contribution is 5.03. The van der Waals surface area contributed by atoms with Gasteiger partial charge in [-0.1, -0.05) is 6.92 Å². The Hall–Kier alpha value is -0.660. The maximum absolute atomic E-state index is 2.58. The summed E-state index contributed by atoms with van der Waals surface area (Å²) in [5.74, 6) is 1.53. The van der Waals surface area contributed by atoms with E-state index in [0.717, 1.165) is 0 Å². The van der Waals surface area contributed by atoms with Crippen molar-refractivity contribution in [1.29, 1.82) is 0 Å². The van der Waals surface area contributed by atoms with E-state index in [2.05, 4.69) is 22.8 Å². The van der Waals surface area contributed by atoms with Gasteiger partial charge in [0, 0.05) is 26.2 Å². The van der Waals surface area contributed by atoms with Crippen molar-refractivity contribution in [2.24, 2.45) is 0 Å². The molecule has 0 radical (unpaired) electrons. The second-order valence-electron chi connectivity index (χ2n) is 4.36. The first kappa shape index (κ1) is 9.88. The molecule has 2 rings (SSSR count). The summed E-state index contributed by atoms with van der Waals surface area (Å²) in [6, 6.07) is 0. The molecular formula is C12H22N2. The minimum atomic E-state index is 1.17. The van der Waals surface area contributed by atoms with E-state index in [1.54, 1.807) is 0 Å². The first-order chi connectivity index (χ1) is 6.92. The minimum Gasteiger partial charge on any atom is -0.359 e. The van der Waals surface area contributed by atoms with Gasteiger partial charge >= 0.3 is 0 Å². The van der Waals surface area contributed by atoms with Crippen molar-refractivity contribution in [3.8, 4) is 0 Å². The smallest absolute Gasteiger partial charge is 0.0997 e. The van der Waals surface area contributed by atoms with Crippen LogP contribution in [0.25, 0.3) is 0 Å². The maximum Gasteiger partial charge on any atom is 0.0997 e. The molecule has 0 unspecified atom stereocenters. The predicted molar refractivity (Wildman–Crippen MR) is 60.0 cm³/mol. The molecule has 0 aliphatic carbocycles. The van der Waals surface area contributed by atoms with Crippen molar-refractivity contribution in [2.45, 2.75) is 39.0 Å². The molecule has 0 bridgehead atoms. The molecule has 2 fully saturated rings. The SMILES string of the molecule is CCC=C(N1CCCC1)N1CCCC1. The summed E-state index contributed by atoms with van der Waals surface area (Å²) in [5.41, 5.74) is 0. The summed E-state index contributed by atoms with van der Waals surface area (Å²) >= 11 is 0. The Labute approximate surface area is 87.6 Å². The van der Waals surface area contributed by atoms with Gasteiger partial charge in [-0.3, -0.25) is 0 Å². The zero-order valence-corrected chi connectivity index (χ0v) is 9.34. The van der Waals surface area contributed by atoms with E-state index < -0.39 is 0 Å². The summed E-state index contributed by atoms with van der Waals surface area (Å²) in [4.78, 5) is 5.16. The van der Waals surface area contributed by atoms with Gasteiger partial charge in [0.25, 0.3) is 0 Å². The van der Waals surface area contributed by atoms with Crippen LogP contribution in [0.2, 0.25) is 0 Å². The molecule has 0 aromatic rings. The lowest BCUT2D eigenvalue weighted by molar-refractivity contribution is 0.268. The standard InChI is InChI=1S/C12H22N2/c1-2-7-12(13-8-3-4-9-13)14-10-5-6-11-14/h7H,2-6,8-11H2,1H3. The van der Waals surface area contributed by atoms with Crippen molar-refractivity contribution in [1.82, 2.24) is 9.80 Å². The van der Waals surface area contributed by atoms with Gasteiger partial charge in [0.15, 0.2) is 0 Å². The molecule has 0 amide bonds. The quantitative estimate of drug-likeness (QED) is 0.681. The Morgan fingerprint density at radius 1 is 0.929 bits per heavy atom. The molecule has 2 saturated heterocycles. The van der Waals surface area contributed by atoms with E-state index in [1.165, 1.54) is 64.1 Å². The van der Waals surface area contributed by atoms with Gasteiger partial charge in [-0.25, -0.2) is 0 Å². The van der Waals surface area contributed by atoms with E-state index in [9.17, 15) is 0 Å². The molecule has 0 spiro atoms. The van der Waals surface area contributed by atoms with Gasteiger partial charge in [0.05, 0.1) is 5.82 Å². The van der Waals surface area contributed by atoms with Crippen LogP contribution in [0.5, 0.6) is 0 Å². The van der Waals surface area contributed by atoms with Crippen LogP contribution in [0.3, 0.4) is 0 Å². The summed E-state index contributed by atoms with van der Waals surface area (Å²) < 4.78 is 0. The van der Waals surface area contributed by atoms with Crippen molar-refractivity contribution < 1.29 is 0 Å². The molecule has 80 valence electrons. The van der Waals surface area contributed by atoms with Gasteiger partial charge in [0.2, 0.25) is 0 Å². The fraction of sp³-hybridized carbons (Fsp3) is 0.833. The van der Waals surface area contributed by atoms with Crippen LogP contribution in [0.15, 0.2) is 11.9 Å². The molecule has 2 aliphatic heterocycles. The van der Waals surface area contributed by atoms with Gasteiger partial charge in [0.1, 0.15) is 0 Å². The van der Waals surface area contributed by atoms with E-state index in [1.807, 2.05) is 0 Å². The van der Waals surface area contributed by atoms with Crippen LogP contribution in [-0.2, 0) is 0 Å². The largest absolute Gasteiger partial charge is 0.359 e. The Morgan fingerprint density at radius 2 is 1.36 bits per heavy atom. The predicted octanol–water partition coefficient (Wildman–Crippen LogP) is 2.43. The lowest BCUT2D eigenvalue weighted by Crippen LogP contribution is -2.32. The molecular weight excluding hydrogens is 172 g/mol. The lowest BCUT2D eigenvalue weighted by Gasteiger charge is -2.30. The van der Waals surface area contributed by atoms with E-state index in [4.69, 9.17) is 0 Å². The van der Waals surface area contributed by atoms with Crippen molar-refractivity contribution >= 4 is 0 Å². The van der Waals surface area contributed by atoms with Gasteiger partial charge in [-0.15, -0.1) is 0 Å². The molecule has 2 heteroatoms. The number of rotatable bonds is 3. The third-order valence-electron chi connectivity index (χ3n) is 3.25. The third-order valence-corrected chi connectivity index (χ3v) is 3.25. The van der Waals surface area contributed by atoms with E-state index in [0.29, 0.717) is 0 Å². The van der Waals surface area contributed by atoms with Crippen molar-refractivity contribution in [3.05, 3.63) is 11.9 Å². The van der Waals surface area contributed by atoms with Gasteiger partial charge < -0.3 is 9.80 Å². The zero-order chi connectivity index (χ0) is 9.80. The highest BCUT2D eigenvalue weighted by Crippen LogP contribution is 2.22. The monoisotopic (exact) mass is 194 g/mol. The number of likely N-dealkylation sites (tertiary alicyclic amines) is 2. The summed E-state index contributed by atoms with van der Waals surface area (Å²) in [5, 5.41) is 0. The van der Waals surface area contributed by atoms with Gasteiger partial charge in [-0.05, 0) is 38.2 Å². The highest BCUT2D eigenvalue weighted by Gasteiger charge is 2.21. The first-order valence-electron chi connectivity index (χ1n) is 6.12. The highest BCUT2D eigenvalue weighted by atomic mass is 15.3. The molecule has 2 heterocycles. The fourth-order valence-corrected chi connectivity index (χ4v) is 2.53. The summed E-state index contributed by atoms with van der Waals surface area (Å²) in [7, 11) is 0. The third kappa shape index (κ3) is 2.05. The van der Waals surface area contributed by atoms with Crippen LogP contribution in [-0.4, -0.2) is 36.0 Å².